The summed E-state index contributed by atoms with van der Waals surface area (Å²) in [5, 5.41) is 62.2. The molecule has 0 unspecified atom stereocenters. The standard InChI is InChI=1S/C67H33F3N8/c68-67(69,70)66-64(77-60-17-13-50(46-9-1-5-40(22-46)34-71)28-56(60)57-29-51(14-18-61(57)77)47-10-2-6-41(23-47)35-72)32-55(54-26-44(38-75)21-45(27-54)39-76)33-65(66)78-62-19-15-52(48-11-3-7-42(24-48)36-73)30-58(62)59-31-53(16-20-63(59)78)49-12-4-8-43(25-49)37-74/h1-33H. The van der Waals surface area contributed by atoms with E-state index in [0.29, 0.717) is 71.4 Å². The van der Waals surface area contributed by atoms with Gasteiger partial charge in [-0.2, -0.15) is 44.7 Å². The van der Waals surface area contributed by atoms with Crippen LogP contribution in [-0.4, -0.2) is 9.13 Å². The number of nitrogens with zero attached hydrogens (tertiary/aromatic N) is 8. The summed E-state index contributed by atoms with van der Waals surface area (Å²) in [5.74, 6) is 0. The van der Waals surface area contributed by atoms with Crippen LogP contribution in [0, 0.1) is 68.0 Å². The number of aromatic nitrogens is 2. The molecule has 11 heteroatoms. The van der Waals surface area contributed by atoms with Gasteiger partial charge in [0.05, 0.1) is 103 Å². The highest BCUT2D eigenvalue weighted by Gasteiger charge is 2.40. The van der Waals surface area contributed by atoms with Crippen LogP contribution >= 0.6 is 0 Å². The van der Waals surface area contributed by atoms with Crippen molar-refractivity contribution in [1.29, 1.82) is 31.6 Å². The fourth-order valence-corrected chi connectivity index (χ4v) is 10.7. The van der Waals surface area contributed by atoms with Crippen molar-refractivity contribution in [2.75, 3.05) is 0 Å². The lowest BCUT2D eigenvalue weighted by Gasteiger charge is -2.23. The lowest BCUT2D eigenvalue weighted by Crippen LogP contribution is -2.16. The fourth-order valence-electron chi connectivity index (χ4n) is 10.7. The summed E-state index contributed by atoms with van der Waals surface area (Å²) in [6.45, 7) is 0. The molecule has 78 heavy (non-hydrogen) atoms. The van der Waals surface area contributed by atoms with Gasteiger partial charge in [0.2, 0.25) is 0 Å². The highest BCUT2D eigenvalue weighted by Crippen LogP contribution is 2.48. The fraction of sp³-hybridized carbons (Fsp3) is 0.0149. The maximum absolute atomic E-state index is 17.1. The molecule has 0 aliphatic rings. The maximum Gasteiger partial charge on any atom is 0.420 e. The van der Waals surface area contributed by atoms with Gasteiger partial charge in [-0.1, -0.05) is 72.8 Å². The summed E-state index contributed by atoms with van der Waals surface area (Å²) in [4.78, 5) is 0. The van der Waals surface area contributed by atoms with Gasteiger partial charge in [0.1, 0.15) is 5.56 Å². The zero-order valence-corrected chi connectivity index (χ0v) is 40.8. The Bertz CT molecular complexity index is 4300. The van der Waals surface area contributed by atoms with Crippen LogP contribution in [-0.2, 0) is 6.18 Å². The van der Waals surface area contributed by atoms with Crippen LogP contribution in [0.1, 0.15) is 38.9 Å². The average molecular weight is 1010 g/mol. The molecule has 0 bridgehead atoms. The third-order valence-corrected chi connectivity index (χ3v) is 14.2. The predicted molar refractivity (Wildman–Crippen MR) is 296 cm³/mol. The normalized spacial score (nSPS) is 11.2. The van der Waals surface area contributed by atoms with Crippen molar-refractivity contribution in [2.24, 2.45) is 0 Å². The van der Waals surface area contributed by atoms with Gasteiger partial charge in [0.25, 0.3) is 0 Å². The van der Waals surface area contributed by atoms with E-state index in [-0.39, 0.29) is 28.1 Å². The summed E-state index contributed by atoms with van der Waals surface area (Å²) in [6.07, 6.45) is -5.04. The Kier molecular flexibility index (Phi) is 11.4. The van der Waals surface area contributed by atoms with Gasteiger partial charge in [-0.15, -0.1) is 0 Å². The van der Waals surface area contributed by atoms with Crippen LogP contribution < -0.4 is 0 Å². The van der Waals surface area contributed by atoms with Crippen LogP contribution in [0.15, 0.2) is 200 Å². The first-order chi connectivity index (χ1) is 38.0. The molecule has 0 saturated carbocycles. The molecule has 0 spiro atoms. The van der Waals surface area contributed by atoms with E-state index < -0.39 is 11.7 Å². The first-order valence-corrected chi connectivity index (χ1v) is 24.4. The Morgan fingerprint density at radius 1 is 0.269 bits per heavy atom. The number of halogens is 3. The van der Waals surface area contributed by atoms with Gasteiger partial charge >= 0.3 is 6.18 Å². The van der Waals surface area contributed by atoms with E-state index in [4.69, 9.17) is 0 Å². The number of benzene rings is 10. The second-order valence-electron chi connectivity index (χ2n) is 18.8. The first kappa shape index (κ1) is 47.5. The molecule has 0 aliphatic carbocycles. The van der Waals surface area contributed by atoms with Crippen LogP contribution in [0.4, 0.5) is 13.2 Å². The van der Waals surface area contributed by atoms with Gasteiger partial charge in [-0.3, -0.25) is 0 Å². The monoisotopic (exact) mass is 1010 g/mol. The zero-order valence-electron chi connectivity index (χ0n) is 40.8. The van der Waals surface area contributed by atoms with Gasteiger partial charge in [0.15, 0.2) is 0 Å². The Balaban J connectivity index is 1.22. The minimum Gasteiger partial charge on any atom is -0.309 e. The molecule has 2 aromatic heterocycles. The number of fused-ring (bicyclic) bond motifs is 6. The summed E-state index contributed by atoms with van der Waals surface area (Å²) in [6, 6.07) is 70.9. The average Bonchev–Trinajstić information content (AvgIpc) is 4.19. The molecule has 12 aromatic rings. The highest BCUT2D eigenvalue weighted by atomic mass is 19.4. The van der Waals surface area contributed by atoms with E-state index in [2.05, 4.69) is 36.4 Å². The molecular weight excluding hydrogens is 974 g/mol. The molecule has 0 aliphatic heterocycles. The van der Waals surface area contributed by atoms with Crippen LogP contribution in [0.2, 0.25) is 0 Å². The van der Waals surface area contributed by atoms with E-state index >= 15 is 13.2 Å². The number of rotatable bonds is 7. The molecule has 0 fully saturated rings. The molecule has 12 rings (SSSR count). The van der Waals surface area contributed by atoms with Gasteiger partial charge in [0, 0.05) is 21.5 Å². The quantitative estimate of drug-likeness (QED) is 0.155. The largest absolute Gasteiger partial charge is 0.420 e. The van der Waals surface area contributed by atoms with E-state index in [1.54, 1.807) is 118 Å². The molecule has 0 N–H and O–H groups in total. The number of hydrogen-bond donors (Lipinski definition) is 0. The first-order valence-electron chi connectivity index (χ1n) is 24.4. The van der Waals surface area contributed by atoms with Gasteiger partial charge < -0.3 is 9.13 Å². The topological polar surface area (TPSA) is 153 Å². The Morgan fingerprint density at radius 3 is 0.795 bits per heavy atom. The van der Waals surface area contributed by atoms with E-state index in [1.807, 2.05) is 72.8 Å². The summed E-state index contributed by atoms with van der Waals surface area (Å²) in [7, 11) is 0. The van der Waals surface area contributed by atoms with Crippen molar-refractivity contribution in [2.45, 2.75) is 6.18 Å². The van der Waals surface area contributed by atoms with Crippen LogP contribution in [0.5, 0.6) is 0 Å². The lowest BCUT2D eigenvalue weighted by molar-refractivity contribution is -0.137. The minimum atomic E-state index is -5.04. The second-order valence-corrected chi connectivity index (χ2v) is 18.8. The highest BCUT2D eigenvalue weighted by molar-refractivity contribution is 6.14. The molecule has 362 valence electrons. The van der Waals surface area contributed by atoms with Crippen molar-refractivity contribution >= 4 is 43.6 Å². The van der Waals surface area contributed by atoms with Gasteiger partial charge in [-0.05, 0) is 183 Å². The zero-order chi connectivity index (χ0) is 53.8. The third kappa shape index (κ3) is 8.17. The Labute approximate surface area is 444 Å². The minimum absolute atomic E-state index is 0.141. The van der Waals surface area contributed by atoms with E-state index in [9.17, 15) is 31.6 Å². The third-order valence-electron chi connectivity index (χ3n) is 14.2. The van der Waals surface area contributed by atoms with Crippen LogP contribution in [0.25, 0.3) is 111 Å². The second kappa shape index (κ2) is 18.8. The van der Waals surface area contributed by atoms with Crippen molar-refractivity contribution in [1.82, 2.24) is 9.13 Å². The Morgan fingerprint density at radius 2 is 0.526 bits per heavy atom. The van der Waals surface area contributed by atoms with Crippen molar-refractivity contribution in [3.63, 3.8) is 0 Å². The molecular formula is C67H33F3N8. The molecule has 0 radical (unpaired) electrons. The van der Waals surface area contributed by atoms with Crippen molar-refractivity contribution in [3.05, 3.63) is 239 Å². The maximum atomic E-state index is 17.1. The molecule has 0 saturated heterocycles. The molecule has 2 heterocycles. The van der Waals surface area contributed by atoms with E-state index in [1.165, 1.54) is 18.2 Å². The number of alkyl halides is 3. The molecule has 10 aromatic carbocycles. The summed E-state index contributed by atoms with van der Waals surface area (Å²) < 4.78 is 54.4. The van der Waals surface area contributed by atoms with E-state index in [0.717, 1.165) is 44.5 Å². The van der Waals surface area contributed by atoms with Crippen molar-refractivity contribution in [3.8, 4) is 103 Å². The smallest absolute Gasteiger partial charge is 0.309 e. The number of hydrogen-bond acceptors (Lipinski definition) is 6. The lowest BCUT2D eigenvalue weighted by atomic mass is 9.96. The number of nitriles is 6. The van der Waals surface area contributed by atoms with Crippen LogP contribution in [0.3, 0.4) is 0 Å². The summed E-state index contributed by atoms with van der Waals surface area (Å²) >= 11 is 0. The molecule has 0 atom stereocenters. The Hall–Kier alpha value is -11.5. The van der Waals surface area contributed by atoms with Crippen molar-refractivity contribution < 1.29 is 13.2 Å². The molecule has 0 amide bonds. The summed E-state index contributed by atoms with van der Waals surface area (Å²) in [5.41, 5.74) is 8.75. The molecule has 8 nitrogen and oxygen atoms in total. The SMILES string of the molecule is N#Cc1cccc(-c2ccc3c(c2)c2cc(-c4cccc(C#N)c4)ccc2n3-c2cc(-c3cc(C#N)cc(C#N)c3)cc(-n3c4ccc(-c5cccc(C#N)c5)cc4c4cc(-c5cccc(C#N)c5)ccc43)c2C(F)(F)F)c1. The van der Waals surface area contributed by atoms with Gasteiger partial charge in [-0.25, -0.2) is 0 Å². The predicted octanol–water partition coefficient (Wildman–Crippen LogP) is 16.5.